The highest BCUT2D eigenvalue weighted by molar-refractivity contribution is 5.66. The Morgan fingerprint density at radius 2 is 1.90 bits per heavy atom. The topological polar surface area (TPSA) is 26.3 Å². The maximum Gasteiger partial charge on any atom is 0.302 e. The molecule has 2 heteroatoms. The quantitative estimate of drug-likeness (QED) is 0.253. The molecule has 30 heavy (non-hydrogen) atoms. The van der Waals surface area contributed by atoms with Gasteiger partial charge in [-0.05, 0) is 91.8 Å². The zero-order valence-corrected chi connectivity index (χ0v) is 20.3. The number of esters is 1. The molecule has 1 unspecified atom stereocenters. The molecule has 4 rings (SSSR count). The normalized spacial score (nSPS) is 42.9. The minimum atomic E-state index is -0.114. The monoisotopic (exact) mass is 414 g/mol. The number of unbranched alkanes of at least 4 members (excludes halogenated alkanes) is 1. The van der Waals surface area contributed by atoms with E-state index in [1.54, 1.807) is 12.5 Å². The molecule has 0 saturated heterocycles. The molecule has 0 amide bonds. The first-order valence-corrected chi connectivity index (χ1v) is 13.1. The van der Waals surface area contributed by atoms with Gasteiger partial charge in [0.1, 0.15) is 6.10 Å². The van der Waals surface area contributed by atoms with Crippen molar-refractivity contribution in [1.82, 2.24) is 0 Å². The largest absolute Gasteiger partial charge is 0.462 e. The van der Waals surface area contributed by atoms with Crippen LogP contribution in [0.1, 0.15) is 112 Å². The molecule has 0 radical (unpaired) electrons. The molecule has 7 atom stereocenters. The van der Waals surface area contributed by atoms with E-state index in [2.05, 4.69) is 33.8 Å². The number of carbonyl (C=O) groups is 1. The molecule has 0 aromatic rings. The van der Waals surface area contributed by atoms with Crippen LogP contribution in [0.3, 0.4) is 0 Å². The van der Waals surface area contributed by atoms with Crippen molar-refractivity contribution in [3.05, 3.63) is 11.6 Å². The van der Waals surface area contributed by atoms with Crippen LogP contribution in [0.4, 0.5) is 0 Å². The number of rotatable bonds is 6. The Labute approximate surface area is 185 Å². The molecule has 0 aromatic carbocycles. The molecule has 0 aliphatic heterocycles. The first-order chi connectivity index (χ1) is 14.2. The third-order valence-electron chi connectivity index (χ3n) is 10.2. The van der Waals surface area contributed by atoms with Crippen molar-refractivity contribution >= 4 is 5.97 Å². The Hall–Kier alpha value is -0.790. The van der Waals surface area contributed by atoms with Gasteiger partial charge in [-0.15, -0.1) is 0 Å². The second-order valence-corrected chi connectivity index (χ2v) is 12.2. The highest BCUT2D eigenvalue weighted by Gasteiger charge is 2.58. The fraction of sp³-hybridized carbons (Fsp3) is 0.893. The maximum atomic E-state index is 11.5. The van der Waals surface area contributed by atoms with Gasteiger partial charge in [-0.1, -0.05) is 58.6 Å². The third-order valence-corrected chi connectivity index (χ3v) is 10.2. The molecular weight excluding hydrogens is 368 g/mol. The molecule has 4 aliphatic rings. The molecule has 2 nitrogen and oxygen atoms in total. The van der Waals surface area contributed by atoms with Crippen LogP contribution in [0.25, 0.3) is 0 Å². The SMILES string of the molecule is CC(=O)O[C@H]1CC[C@@]2(C)C(=CC[C@@H]3C2CC[C@]2(C)[C@@H](CCCCC(C)C)CC[C@@H]32)C1. The van der Waals surface area contributed by atoms with E-state index in [-0.39, 0.29) is 12.1 Å². The average Bonchev–Trinajstić information content (AvgIpc) is 3.01. The van der Waals surface area contributed by atoms with Gasteiger partial charge in [-0.25, -0.2) is 0 Å². The minimum Gasteiger partial charge on any atom is -0.462 e. The number of hydrogen-bond donors (Lipinski definition) is 0. The van der Waals surface area contributed by atoms with Crippen molar-refractivity contribution < 1.29 is 9.53 Å². The van der Waals surface area contributed by atoms with Crippen LogP contribution in [0.2, 0.25) is 0 Å². The van der Waals surface area contributed by atoms with E-state index >= 15 is 0 Å². The van der Waals surface area contributed by atoms with Gasteiger partial charge in [0.15, 0.2) is 0 Å². The van der Waals surface area contributed by atoms with Crippen molar-refractivity contribution in [2.24, 2.45) is 40.4 Å². The summed E-state index contributed by atoms with van der Waals surface area (Å²) in [6.07, 6.45) is 18.8. The van der Waals surface area contributed by atoms with Crippen LogP contribution in [0.5, 0.6) is 0 Å². The fourth-order valence-corrected chi connectivity index (χ4v) is 8.49. The van der Waals surface area contributed by atoms with Crippen LogP contribution < -0.4 is 0 Å². The number of ether oxygens (including phenoxy) is 1. The summed E-state index contributed by atoms with van der Waals surface area (Å²) in [7, 11) is 0. The van der Waals surface area contributed by atoms with Crippen LogP contribution in [-0.2, 0) is 9.53 Å². The second kappa shape index (κ2) is 8.62. The van der Waals surface area contributed by atoms with Gasteiger partial charge in [0.2, 0.25) is 0 Å². The molecule has 0 bridgehead atoms. The van der Waals surface area contributed by atoms with E-state index in [0.29, 0.717) is 10.8 Å². The predicted octanol–water partition coefficient (Wildman–Crippen LogP) is 7.71. The first kappa shape index (κ1) is 22.4. The fourth-order valence-electron chi connectivity index (χ4n) is 8.49. The van der Waals surface area contributed by atoms with Gasteiger partial charge in [0.05, 0.1) is 0 Å². The van der Waals surface area contributed by atoms with E-state index in [9.17, 15) is 4.79 Å². The van der Waals surface area contributed by atoms with Gasteiger partial charge in [-0.2, -0.15) is 0 Å². The van der Waals surface area contributed by atoms with Gasteiger partial charge in [-0.3, -0.25) is 4.79 Å². The predicted molar refractivity (Wildman–Crippen MR) is 124 cm³/mol. The van der Waals surface area contributed by atoms with Crippen LogP contribution in [-0.4, -0.2) is 12.1 Å². The Morgan fingerprint density at radius 1 is 1.10 bits per heavy atom. The van der Waals surface area contributed by atoms with Crippen molar-refractivity contribution in [3.63, 3.8) is 0 Å². The van der Waals surface area contributed by atoms with E-state index in [4.69, 9.17) is 4.74 Å². The van der Waals surface area contributed by atoms with Gasteiger partial charge in [0.25, 0.3) is 0 Å². The van der Waals surface area contributed by atoms with Crippen molar-refractivity contribution in [1.29, 1.82) is 0 Å². The van der Waals surface area contributed by atoms with Crippen molar-refractivity contribution in [3.8, 4) is 0 Å². The number of fused-ring (bicyclic) bond motifs is 5. The molecule has 0 spiro atoms. The second-order valence-electron chi connectivity index (χ2n) is 12.2. The molecular formula is C28H46O2. The summed E-state index contributed by atoms with van der Waals surface area (Å²) in [5.41, 5.74) is 2.57. The summed E-state index contributed by atoms with van der Waals surface area (Å²) in [4.78, 5) is 11.5. The van der Waals surface area contributed by atoms with Crippen molar-refractivity contribution in [2.45, 2.75) is 118 Å². The molecule has 4 aliphatic carbocycles. The Morgan fingerprint density at radius 3 is 2.63 bits per heavy atom. The zero-order valence-electron chi connectivity index (χ0n) is 20.3. The summed E-state index contributed by atoms with van der Waals surface area (Å²) in [6.45, 7) is 11.5. The molecule has 170 valence electrons. The maximum absolute atomic E-state index is 11.5. The number of hydrogen-bond acceptors (Lipinski definition) is 2. The lowest BCUT2D eigenvalue weighted by molar-refractivity contribution is -0.148. The van der Waals surface area contributed by atoms with Crippen LogP contribution in [0.15, 0.2) is 11.6 Å². The van der Waals surface area contributed by atoms with E-state index in [1.165, 1.54) is 64.2 Å². The first-order valence-electron chi connectivity index (χ1n) is 13.1. The summed E-state index contributed by atoms with van der Waals surface area (Å²) in [6, 6.07) is 0. The molecule has 0 heterocycles. The molecule has 0 N–H and O–H groups in total. The standard InChI is InChI=1S/C28H46O2/c1-19(2)8-6-7-9-21-11-13-25-24-12-10-22-18-23(30-20(3)29)14-16-28(22,5)26(24)15-17-27(21,25)4/h10,19,21,23-26H,6-9,11-18H2,1-5H3/t21-,23-,24-,25-,26?,27+,28-/m0/s1. The Bertz CT molecular complexity index is 664. The number of allylic oxidation sites excluding steroid dienone is 1. The zero-order chi connectivity index (χ0) is 21.5. The summed E-state index contributed by atoms with van der Waals surface area (Å²) >= 11 is 0. The number of carbonyl (C=O) groups excluding carboxylic acids is 1. The highest BCUT2D eigenvalue weighted by Crippen LogP contribution is 2.66. The smallest absolute Gasteiger partial charge is 0.302 e. The van der Waals surface area contributed by atoms with E-state index in [1.807, 2.05) is 0 Å². The summed E-state index contributed by atoms with van der Waals surface area (Å²) in [5.74, 6) is 4.39. The molecule has 3 saturated carbocycles. The Kier molecular flexibility index (Phi) is 6.44. The average molecular weight is 415 g/mol. The molecule has 3 fully saturated rings. The van der Waals surface area contributed by atoms with Gasteiger partial charge in [0, 0.05) is 13.3 Å². The Balaban J connectivity index is 1.44. The lowest BCUT2D eigenvalue weighted by Crippen LogP contribution is -2.50. The van der Waals surface area contributed by atoms with E-state index in [0.717, 1.165) is 42.4 Å². The highest BCUT2D eigenvalue weighted by atomic mass is 16.5. The van der Waals surface area contributed by atoms with Crippen molar-refractivity contribution in [2.75, 3.05) is 0 Å². The van der Waals surface area contributed by atoms with Crippen LogP contribution in [0, 0.1) is 40.4 Å². The molecule has 0 aromatic heterocycles. The summed E-state index contributed by atoms with van der Waals surface area (Å²) in [5, 5.41) is 0. The lowest BCUT2D eigenvalue weighted by atomic mass is 9.47. The third kappa shape index (κ3) is 4.02. The lowest BCUT2D eigenvalue weighted by Gasteiger charge is -2.58. The van der Waals surface area contributed by atoms with Gasteiger partial charge < -0.3 is 4.74 Å². The summed E-state index contributed by atoms with van der Waals surface area (Å²) < 4.78 is 5.60. The van der Waals surface area contributed by atoms with E-state index < -0.39 is 0 Å². The van der Waals surface area contributed by atoms with Gasteiger partial charge >= 0.3 is 5.97 Å². The minimum absolute atomic E-state index is 0.114. The van der Waals surface area contributed by atoms with Crippen LogP contribution >= 0.6 is 0 Å².